The van der Waals surface area contributed by atoms with Crippen LogP contribution in [-0.2, 0) is 13.0 Å². The van der Waals surface area contributed by atoms with Crippen molar-refractivity contribution >= 4 is 16.9 Å². The molecule has 1 aliphatic rings. The van der Waals surface area contributed by atoms with Crippen LogP contribution in [0, 0.1) is 12.8 Å². The Hall–Kier alpha value is -2.82. The Morgan fingerprint density at radius 1 is 1.22 bits per heavy atom. The molecule has 0 aliphatic carbocycles. The van der Waals surface area contributed by atoms with Crippen LogP contribution in [-0.4, -0.2) is 27.4 Å². The Labute approximate surface area is 159 Å². The molecule has 1 aromatic carbocycles. The first-order valence-electron chi connectivity index (χ1n) is 9.60. The molecule has 1 aliphatic heterocycles. The van der Waals surface area contributed by atoms with Crippen molar-refractivity contribution in [2.45, 2.75) is 39.8 Å². The second-order valence-corrected chi connectivity index (χ2v) is 7.68. The summed E-state index contributed by atoms with van der Waals surface area (Å²) in [6.07, 6.45) is 2.65. The SMILES string of the molecule is Cc1cccnc1C(NC(=O)N1CCc2[nH]c3ccccc3c2C1)C(C)C. The number of hydrogen-bond acceptors (Lipinski definition) is 2. The highest BCUT2D eigenvalue weighted by Crippen LogP contribution is 2.28. The van der Waals surface area contributed by atoms with Crippen molar-refractivity contribution in [1.29, 1.82) is 0 Å². The molecule has 5 heteroatoms. The van der Waals surface area contributed by atoms with Crippen LogP contribution in [0.5, 0.6) is 0 Å². The third-order valence-electron chi connectivity index (χ3n) is 5.46. The molecule has 0 fully saturated rings. The third kappa shape index (κ3) is 3.29. The van der Waals surface area contributed by atoms with Crippen molar-refractivity contribution in [3.05, 3.63) is 65.1 Å². The van der Waals surface area contributed by atoms with E-state index in [0.717, 1.165) is 29.7 Å². The number of rotatable bonds is 3. The number of carbonyl (C=O) groups is 1. The van der Waals surface area contributed by atoms with Crippen LogP contribution in [0.4, 0.5) is 4.79 Å². The highest BCUT2D eigenvalue weighted by atomic mass is 16.2. The van der Waals surface area contributed by atoms with Gasteiger partial charge in [0.05, 0.1) is 11.7 Å². The number of aryl methyl sites for hydroxylation is 1. The maximum absolute atomic E-state index is 13.0. The molecule has 0 radical (unpaired) electrons. The van der Waals surface area contributed by atoms with E-state index in [0.29, 0.717) is 6.54 Å². The van der Waals surface area contributed by atoms with Crippen molar-refractivity contribution in [3.8, 4) is 0 Å². The molecule has 0 bridgehead atoms. The van der Waals surface area contributed by atoms with Crippen LogP contribution in [0.2, 0.25) is 0 Å². The number of aromatic nitrogens is 2. The zero-order valence-corrected chi connectivity index (χ0v) is 16.1. The number of benzene rings is 1. The molecule has 2 aromatic heterocycles. The molecule has 5 nitrogen and oxygen atoms in total. The number of para-hydroxylation sites is 1. The summed E-state index contributed by atoms with van der Waals surface area (Å²) in [7, 11) is 0. The molecule has 3 heterocycles. The molecule has 0 saturated heterocycles. The van der Waals surface area contributed by atoms with Crippen molar-refractivity contribution in [2.24, 2.45) is 5.92 Å². The number of amides is 2. The van der Waals surface area contributed by atoms with Gasteiger partial charge in [-0.2, -0.15) is 0 Å². The first-order chi connectivity index (χ1) is 13.0. The summed E-state index contributed by atoms with van der Waals surface area (Å²) in [5.41, 5.74) is 5.69. The molecule has 1 unspecified atom stereocenters. The van der Waals surface area contributed by atoms with Gasteiger partial charge in [0.25, 0.3) is 0 Å². The highest BCUT2D eigenvalue weighted by Gasteiger charge is 2.27. The first-order valence-corrected chi connectivity index (χ1v) is 9.60. The molecule has 140 valence electrons. The predicted octanol–water partition coefficient (Wildman–Crippen LogP) is 4.34. The second-order valence-electron chi connectivity index (χ2n) is 7.68. The van der Waals surface area contributed by atoms with E-state index in [4.69, 9.17) is 0 Å². The molecule has 3 aromatic rings. The Morgan fingerprint density at radius 2 is 2.04 bits per heavy atom. The number of nitrogens with zero attached hydrogens (tertiary/aromatic N) is 2. The standard InChI is InChI=1S/C22H26N4O/c1-14(2)20(21-15(3)7-6-11-23-21)25-22(27)26-12-10-19-17(13-26)16-8-4-5-9-18(16)24-19/h4-9,11,14,20,24H,10,12-13H2,1-3H3,(H,25,27). The van der Waals surface area contributed by atoms with E-state index in [1.807, 2.05) is 36.1 Å². The monoisotopic (exact) mass is 362 g/mol. The molecular weight excluding hydrogens is 336 g/mol. The minimum atomic E-state index is -0.0944. The van der Waals surface area contributed by atoms with E-state index in [1.54, 1.807) is 6.20 Å². The van der Waals surface area contributed by atoms with Gasteiger partial charge in [0.2, 0.25) is 0 Å². The van der Waals surface area contributed by atoms with Gasteiger partial charge in [-0.05, 0) is 30.5 Å². The van der Waals surface area contributed by atoms with Gasteiger partial charge in [0, 0.05) is 47.9 Å². The number of fused-ring (bicyclic) bond motifs is 3. The van der Waals surface area contributed by atoms with Gasteiger partial charge in [-0.15, -0.1) is 0 Å². The topological polar surface area (TPSA) is 61.0 Å². The van der Waals surface area contributed by atoms with Crippen LogP contribution >= 0.6 is 0 Å². The van der Waals surface area contributed by atoms with Crippen LogP contribution in [0.1, 0.15) is 42.4 Å². The molecule has 27 heavy (non-hydrogen) atoms. The smallest absolute Gasteiger partial charge is 0.318 e. The van der Waals surface area contributed by atoms with Gasteiger partial charge >= 0.3 is 6.03 Å². The van der Waals surface area contributed by atoms with E-state index in [-0.39, 0.29) is 18.0 Å². The lowest BCUT2D eigenvalue weighted by Gasteiger charge is -2.31. The largest absolute Gasteiger partial charge is 0.358 e. The average Bonchev–Trinajstić information content (AvgIpc) is 3.04. The molecule has 2 amide bonds. The van der Waals surface area contributed by atoms with Crippen molar-refractivity contribution in [3.63, 3.8) is 0 Å². The van der Waals surface area contributed by atoms with Gasteiger partial charge in [0.15, 0.2) is 0 Å². The maximum Gasteiger partial charge on any atom is 0.318 e. The number of H-pyrrole nitrogens is 1. The quantitative estimate of drug-likeness (QED) is 0.728. The van der Waals surface area contributed by atoms with Gasteiger partial charge < -0.3 is 15.2 Å². The number of carbonyl (C=O) groups excluding carboxylic acids is 1. The van der Waals surface area contributed by atoms with E-state index in [9.17, 15) is 4.79 Å². The van der Waals surface area contributed by atoms with Crippen LogP contribution in [0.15, 0.2) is 42.6 Å². The fourth-order valence-corrected chi connectivity index (χ4v) is 3.94. The number of hydrogen-bond donors (Lipinski definition) is 2. The zero-order valence-electron chi connectivity index (χ0n) is 16.1. The summed E-state index contributed by atoms with van der Waals surface area (Å²) in [5, 5.41) is 4.44. The van der Waals surface area contributed by atoms with Crippen molar-refractivity contribution in [2.75, 3.05) is 6.54 Å². The minimum Gasteiger partial charge on any atom is -0.358 e. The van der Waals surface area contributed by atoms with Crippen LogP contribution in [0.25, 0.3) is 10.9 Å². The van der Waals surface area contributed by atoms with Crippen LogP contribution in [0.3, 0.4) is 0 Å². The number of nitrogens with one attached hydrogen (secondary N) is 2. The third-order valence-corrected chi connectivity index (χ3v) is 5.46. The summed E-state index contributed by atoms with van der Waals surface area (Å²) < 4.78 is 0. The summed E-state index contributed by atoms with van der Waals surface area (Å²) >= 11 is 0. The number of pyridine rings is 1. The summed E-state index contributed by atoms with van der Waals surface area (Å²) in [5.74, 6) is 0.260. The van der Waals surface area contributed by atoms with E-state index >= 15 is 0 Å². The van der Waals surface area contributed by atoms with Crippen molar-refractivity contribution in [1.82, 2.24) is 20.2 Å². The van der Waals surface area contributed by atoms with Gasteiger partial charge in [0.1, 0.15) is 0 Å². The lowest BCUT2D eigenvalue weighted by molar-refractivity contribution is 0.184. The Morgan fingerprint density at radius 3 is 2.81 bits per heavy atom. The zero-order chi connectivity index (χ0) is 19.0. The molecule has 2 N–H and O–H groups in total. The summed E-state index contributed by atoms with van der Waals surface area (Å²) in [6.45, 7) is 7.64. The van der Waals surface area contributed by atoms with Gasteiger partial charge in [-0.3, -0.25) is 4.98 Å². The van der Waals surface area contributed by atoms with E-state index < -0.39 is 0 Å². The fraction of sp³-hybridized carbons (Fsp3) is 0.364. The Kier molecular flexibility index (Phi) is 4.60. The lowest BCUT2D eigenvalue weighted by atomic mass is 9.97. The Balaban J connectivity index is 1.55. The molecule has 1 atom stereocenters. The first kappa shape index (κ1) is 17.6. The van der Waals surface area contributed by atoms with E-state index in [2.05, 4.69) is 41.3 Å². The normalized spacial score (nSPS) is 15.0. The Bertz CT molecular complexity index is 975. The summed E-state index contributed by atoms with van der Waals surface area (Å²) in [6, 6.07) is 12.2. The van der Waals surface area contributed by atoms with Crippen LogP contribution < -0.4 is 5.32 Å². The lowest BCUT2D eigenvalue weighted by Crippen LogP contribution is -2.45. The summed E-state index contributed by atoms with van der Waals surface area (Å²) in [4.78, 5) is 23.0. The number of urea groups is 1. The molecular formula is C22H26N4O. The average molecular weight is 362 g/mol. The van der Waals surface area contributed by atoms with Gasteiger partial charge in [-0.1, -0.05) is 38.1 Å². The molecule has 0 spiro atoms. The van der Waals surface area contributed by atoms with E-state index in [1.165, 1.54) is 16.6 Å². The predicted molar refractivity (Wildman–Crippen MR) is 107 cm³/mol. The minimum absolute atomic E-state index is 0.0188. The number of aromatic amines is 1. The second kappa shape index (κ2) is 7.06. The fourth-order valence-electron chi connectivity index (χ4n) is 3.94. The molecule has 0 saturated carbocycles. The highest BCUT2D eigenvalue weighted by molar-refractivity contribution is 5.85. The van der Waals surface area contributed by atoms with Gasteiger partial charge in [-0.25, -0.2) is 4.79 Å². The van der Waals surface area contributed by atoms with Crippen molar-refractivity contribution < 1.29 is 4.79 Å². The molecule has 4 rings (SSSR count). The maximum atomic E-state index is 13.0.